The van der Waals surface area contributed by atoms with Gasteiger partial charge in [0.2, 0.25) is 0 Å². The number of nitrogens with zero attached hydrogens (tertiary/aromatic N) is 4. The van der Waals surface area contributed by atoms with Crippen molar-refractivity contribution in [3.05, 3.63) is 42.7 Å². The lowest BCUT2D eigenvalue weighted by molar-refractivity contribution is 0.106. The Hall–Kier alpha value is -1.92. The van der Waals surface area contributed by atoms with Gasteiger partial charge in [-0.3, -0.25) is 9.88 Å². The number of hydrogen-bond donors (Lipinski definition) is 0. The fraction of sp³-hybridized carbons (Fsp3) is 0.500. The summed E-state index contributed by atoms with van der Waals surface area (Å²) in [6.07, 6.45) is 8.52. The molecule has 118 valence electrons. The predicted octanol–water partition coefficient (Wildman–Crippen LogP) is 1.48. The van der Waals surface area contributed by atoms with Crippen LogP contribution in [0.3, 0.4) is 0 Å². The number of aryl methyl sites for hydroxylation is 1. The molecule has 1 saturated heterocycles. The number of aromatic nitrogens is 3. The number of pyridine rings is 1. The highest BCUT2D eigenvalue weighted by atomic mass is 16.5. The Morgan fingerprint density at radius 2 is 2.27 bits per heavy atom. The summed E-state index contributed by atoms with van der Waals surface area (Å²) in [7, 11) is 3.79. The molecule has 3 heterocycles. The molecule has 0 unspecified atom stereocenters. The first-order chi connectivity index (χ1) is 10.8. The van der Waals surface area contributed by atoms with Crippen LogP contribution in [0.25, 0.3) is 0 Å². The van der Waals surface area contributed by atoms with Gasteiger partial charge in [-0.05, 0) is 18.6 Å². The molecule has 0 radical (unpaired) electrons. The smallest absolute Gasteiger partial charge is 0.137 e. The zero-order valence-corrected chi connectivity index (χ0v) is 13.1. The van der Waals surface area contributed by atoms with Crippen molar-refractivity contribution in [2.24, 2.45) is 7.05 Å². The van der Waals surface area contributed by atoms with E-state index >= 15 is 0 Å². The highest BCUT2D eigenvalue weighted by molar-refractivity contribution is 5.15. The Kier molecular flexibility index (Phi) is 4.70. The number of imidazole rings is 1. The Morgan fingerprint density at radius 3 is 2.95 bits per heavy atom. The SMILES string of the molecule is CO[C@@H]1C[C@@H](COc2cccnc2)N(Cc2nccn2C)C1. The van der Waals surface area contributed by atoms with Gasteiger partial charge in [0.15, 0.2) is 0 Å². The van der Waals surface area contributed by atoms with Crippen molar-refractivity contribution in [3.8, 4) is 5.75 Å². The Balaban J connectivity index is 1.63. The molecule has 0 aliphatic carbocycles. The molecule has 1 fully saturated rings. The van der Waals surface area contributed by atoms with Gasteiger partial charge in [0.05, 0.1) is 18.8 Å². The average Bonchev–Trinajstić information content (AvgIpc) is 3.13. The summed E-state index contributed by atoms with van der Waals surface area (Å²) in [5.41, 5.74) is 0. The largest absolute Gasteiger partial charge is 0.490 e. The van der Waals surface area contributed by atoms with Crippen molar-refractivity contribution in [3.63, 3.8) is 0 Å². The molecule has 0 aromatic carbocycles. The van der Waals surface area contributed by atoms with Crippen molar-refractivity contribution < 1.29 is 9.47 Å². The van der Waals surface area contributed by atoms with E-state index in [9.17, 15) is 0 Å². The third kappa shape index (κ3) is 3.45. The van der Waals surface area contributed by atoms with E-state index in [0.717, 1.165) is 31.1 Å². The first kappa shape index (κ1) is 15.0. The minimum atomic E-state index is 0.253. The molecule has 6 nitrogen and oxygen atoms in total. The Morgan fingerprint density at radius 1 is 1.36 bits per heavy atom. The minimum Gasteiger partial charge on any atom is -0.490 e. The second-order valence-electron chi connectivity index (χ2n) is 5.63. The van der Waals surface area contributed by atoms with E-state index in [1.165, 1.54) is 0 Å². The highest BCUT2D eigenvalue weighted by Gasteiger charge is 2.33. The second-order valence-corrected chi connectivity index (χ2v) is 5.63. The van der Waals surface area contributed by atoms with Crippen LogP contribution < -0.4 is 4.74 Å². The van der Waals surface area contributed by atoms with Crippen LogP contribution in [0.1, 0.15) is 12.2 Å². The van der Waals surface area contributed by atoms with Crippen molar-refractivity contribution in [1.82, 2.24) is 19.4 Å². The average molecular weight is 302 g/mol. The molecule has 2 aromatic rings. The molecule has 1 aliphatic heterocycles. The standard InChI is InChI=1S/C16H22N4O2/c1-19-7-6-18-16(19)11-20-10-15(21-2)8-13(20)12-22-14-4-3-5-17-9-14/h3-7,9,13,15H,8,10-12H2,1-2H3/t13-,15+/m0/s1. The van der Waals surface area contributed by atoms with Crippen LogP contribution in [-0.4, -0.2) is 51.8 Å². The summed E-state index contributed by atoms with van der Waals surface area (Å²) >= 11 is 0. The van der Waals surface area contributed by atoms with E-state index in [2.05, 4.69) is 19.4 Å². The highest BCUT2D eigenvalue weighted by Crippen LogP contribution is 2.23. The lowest BCUT2D eigenvalue weighted by Crippen LogP contribution is -2.34. The number of rotatable bonds is 6. The Bertz CT molecular complexity index is 587. The summed E-state index contributed by atoms with van der Waals surface area (Å²) in [4.78, 5) is 10.9. The topological polar surface area (TPSA) is 52.4 Å². The molecular weight excluding hydrogens is 280 g/mol. The molecule has 0 saturated carbocycles. The van der Waals surface area contributed by atoms with Crippen LogP contribution in [0.15, 0.2) is 36.9 Å². The maximum Gasteiger partial charge on any atom is 0.137 e. The molecule has 2 aromatic heterocycles. The van der Waals surface area contributed by atoms with Crippen LogP contribution in [0, 0.1) is 0 Å². The lowest BCUT2D eigenvalue weighted by Gasteiger charge is -2.23. The van der Waals surface area contributed by atoms with Gasteiger partial charge >= 0.3 is 0 Å². The third-order valence-corrected chi connectivity index (χ3v) is 4.17. The summed E-state index contributed by atoms with van der Waals surface area (Å²) in [6, 6.07) is 4.13. The van der Waals surface area contributed by atoms with Gasteiger partial charge in [-0.15, -0.1) is 0 Å². The summed E-state index contributed by atoms with van der Waals surface area (Å²) in [6.45, 7) is 2.35. The van der Waals surface area contributed by atoms with Crippen LogP contribution in [0.5, 0.6) is 5.75 Å². The van der Waals surface area contributed by atoms with Crippen LogP contribution in [-0.2, 0) is 18.3 Å². The summed E-state index contributed by atoms with van der Waals surface area (Å²) < 4.78 is 13.5. The van der Waals surface area contributed by atoms with Gasteiger partial charge in [-0.2, -0.15) is 0 Å². The van der Waals surface area contributed by atoms with Gasteiger partial charge in [0.25, 0.3) is 0 Å². The first-order valence-corrected chi connectivity index (χ1v) is 7.52. The fourth-order valence-corrected chi connectivity index (χ4v) is 2.83. The number of ether oxygens (including phenoxy) is 2. The van der Waals surface area contributed by atoms with Crippen molar-refractivity contribution in [1.29, 1.82) is 0 Å². The van der Waals surface area contributed by atoms with Gasteiger partial charge < -0.3 is 14.0 Å². The lowest BCUT2D eigenvalue weighted by atomic mass is 10.2. The molecule has 0 N–H and O–H groups in total. The molecular formula is C16H22N4O2. The van der Waals surface area contributed by atoms with Gasteiger partial charge in [0.1, 0.15) is 18.2 Å². The molecule has 2 atom stereocenters. The van der Waals surface area contributed by atoms with Gasteiger partial charge in [-0.1, -0.05) is 0 Å². The molecule has 0 amide bonds. The molecule has 1 aliphatic rings. The van der Waals surface area contributed by atoms with E-state index in [0.29, 0.717) is 12.6 Å². The zero-order chi connectivity index (χ0) is 15.4. The maximum absolute atomic E-state index is 5.88. The monoisotopic (exact) mass is 302 g/mol. The molecule has 0 spiro atoms. The van der Waals surface area contributed by atoms with Crippen LogP contribution in [0.4, 0.5) is 0 Å². The molecule has 3 rings (SSSR count). The zero-order valence-electron chi connectivity index (χ0n) is 13.1. The van der Waals surface area contributed by atoms with Crippen LogP contribution >= 0.6 is 0 Å². The number of hydrogen-bond acceptors (Lipinski definition) is 5. The number of likely N-dealkylation sites (tertiary alicyclic amines) is 1. The van der Waals surface area contributed by atoms with E-state index in [-0.39, 0.29) is 6.10 Å². The third-order valence-electron chi connectivity index (χ3n) is 4.17. The van der Waals surface area contributed by atoms with Crippen molar-refractivity contribution >= 4 is 0 Å². The normalized spacial score (nSPS) is 22.1. The number of methoxy groups -OCH3 is 1. The van der Waals surface area contributed by atoms with Gasteiger partial charge in [0, 0.05) is 45.3 Å². The van der Waals surface area contributed by atoms with Crippen molar-refractivity contribution in [2.75, 3.05) is 20.3 Å². The Labute approximate surface area is 130 Å². The minimum absolute atomic E-state index is 0.253. The molecule has 22 heavy (non-hydrogen) atoms. The molecule has 0 bridgehead atoms. The summed E-state index contributed by atoms with van der Waals surface area (Å²) in [5, 5.41) is 0. The summed E-state index contributed by atoms with van der Waals surface area (Å²) in [5.74, 6) is 1.86. The van der Waals surface area contributed by atoms with E-state index in [1.807, 2.05) is 31.6 Å². The van der Waals surface area contributed by atoms with E-state index in [1.54, 1.807) is 19.5 Å². The van der Waals surface area contributed by atoms with Crippen LogP contribution in [0.2, 0.25) is 0 Å². The molecule has 6 heteroatoms. The van der Waals surface area contributed by atoms with Gasteiger partial charge in [-0.25, -0.2) is 4.98 Å². The quantitative estimate of drug-likeness (QED) is 0.809. The van der Waals surface area contributed by atoms with E-state index < -0.39 is 0 Å². The first-order valence-electron chi connectivity index (χ1n) is 7.52. The van der Waals surface area contributed by atoms with Crippen molar-refractivity contribution in [2.45, 2.75) is 25.1 Å². The van der Waals surface area contributed by atoms with E-state index in [4.69, 9.17) is 9.47 Å². The maximum atomic E-state index is 5.88. The second kappa shape index (κ2) is 6.89. The predicted molar refractivity (Wildman–Crippen MR) is 82.6 cm³/mol. The fourth-order valence-electron chi connectivity index (χ4n) is 2.83.